The molecule has 2 heterocycles. The van der Waals surface area contributed by atoms with Gasteiger partial charge in [-0.3, -0.25) is 19.3 Å². The van der Waals surface area contributed by atoms with Crippen LogP contribution in [-0.2, 0) is 0 Å². The number of nitrogens with zero attached hydrogens (tertiary/aromatic N) is 4. The topological polar surface area (TPSA) is 113 Å². The molecule has 0 saturated carbocycles. The molecule has 30 heavy (non-hydrogen) atoms. The van der Waals surface area contributed by atoms with Crippen molar-refractivity contribution in [2.75, 3.05) is 5.32 Å². The number of hydrogen-bond donors (Lipinski definition) is 1. The molecule has 8 nitrogen and oxygen atoms in total. The molecule has 2 aromatic carbocycles. The van der Waals surface area contributed by atoms with Gasteiger partial charge in [-0.15, -0.1) is 0 Å². The van der Waals surface area contributed by atoms with Gasteiger partial charge in [-0.25, -0.2) is 4.98 Å². The number of imidazole rings is 1. The second kappa shape index (κ2) is 7.13. The van der Waals surface area contributed by atoms with Crippen LogP contribution in [0.2, 0.25) is 5.02 Å². The zero-order valence-electron chi connectivity index (χ0n) is 15.9. The molecule has 1 N–H and O–H groups in total. The zero-order valence-corrected chi connectivity index (χ0v) is 16.7. The van der Waals surface area contributed by atoms with Crippen molar-refractivity contribution >= 4 is 45.9 Å². The van der Waals surface area contributed by atoms with Crippen molar-refractivity contribution in [3.63, 3.8) is 0 Å². The number of benzene rings is 2. The standard InChI is InChI=1S/C21H14ClN5O3/c1-11-7-15(22)19(27(29)30)8-17(11)24-10-14-12(2)13(9-23)20-25-16-5-3-4-6-18(16)26(20)21(14)28/h3-8,10,24H,1-2H3. The Hall–Kier alpha value is -3.96. The molecule has 0 radical (unpaired) electrons. The number of para-hydroxylation sites is 2. The fourth-order valence-corrected chi connectivity index (χ4v) is 3.68. The summed E-state index contributed by atoms with van der Waals surface area (Å²) in [5.74, 6) is 0. The number of rotatable bonds is 3. The predicted octanol–water partition coefficient (Wildman–Crippen LogP) is 3.47. The average Bonchev–Trinajstić information content (AvgIpc) is 3.08. The van der Waals surface area contributed by atoms with Crippen LogP contribution in [0.25, 0.3) is 22.9 Å². The third-order valence-corrected chi connectivity index (χ3v) is 5.27. The van der Waals surface area contributed by atoms with Crippen molar-refractivity contribution in [2.45, 2.75) is 13.8 Å². The van der Waals surface area contributed by atoms with Crippen LogP contribution in [0.3, 0.4) is 0 Å². The number of nitriles is 1. The number of nitro benzene ring substituents is 1. The Balaban J connectivity index is 1.98. The lowest BCUT2D eigenvalue weighted by atomic mass is 10.1. The van der Waals surface area contributed by atoms with E-state index in [1.165, 1.54) is 22.7 Å². The third-order valence-electron chi connectivity index (χ3n) is 4.97. The molecule has 0 spiro atoms. The van der Waals surface area contributed by atoms with Gasteiger partial charge >= 0.3 is 0 Å². The summed E-state index contributed by atoms with van der Waals surface area (Å²) in [5.41, 5.74) is 2.78. The van der Waals surface area contributed by atoms with Crippen molar-refractivity contribution in [3.8, 4) is 6.07 Å². The van der Waals surface area contributed by atoms with Gasteiger partial charge in [-0.05, 0) is 43.2 Å². The molecular weight excluding hydrogens is 406 g/mol. The van der Waals surface area contributed by atoms with E-state index in [-0.39, 0.29) is 27.1 Å². The molecule has 4 aromatic rings. The lowest BCUT2D eigenvalue weighted by molar-refractivity contribution is -0.384. The normalized spacial score (nSPS) is 11.7. The molecule has 9 heteroatoms. The summed E-state index contributed by atoms with van der Waals surface area (Å²) in [5, 5.41) is 24.1. The Morgan fingerprint density at radius 3 is 2.73 bits per heavy atom. The van der Waals surface area contributed by atoms with Gasteiger partial charge in [0.05, 0.1) is 26.7 Å². The number of aromatic nitrogens is 2. The van der Waals surface area contributed by atoms with Crippen LogP contribution in [0, 0.1) is 35.3 Å². The van der Waals surface area contributed by atoms with Crippen molar-refractivity contribution in [1.82, 2.24) is 9.38 Å². The number of anilines is 1. The van der Waals surface area contributed by atoms with Crippen molar-refractivity contribution in [2.24, 2.45) is 0 Å². The van der Waals surface area contributed by atoms with E-state index in [1.807, 2.05) is 6.07 Å². The highest BCUT2D eigenvalue weighted by molar-refractivity contribution is 6.32. The first-order chi connectivity index (χ1) is 14.3. The van der Waals surface area contributed by atoms with Crippen molar-refractivity contribution < 1.29 is 4.92 Å². The number of aryl methyl sites for hydroxylation is 1. The molecule has 0 atom stereocenters. The lowest BCUT2D eigenvalue weighted by Crippen LogP contribution is -2.35. The summed E-state index contributed by atoms with van der Waals surface area (Å²) in [6, 6.07) is 12.1. The quantitative estimate of drug-likeness (QED) is 0.402. The second-order valence-electron chi connectivity index (χ2n) is 6.75. The first-order valence-corrected chi connectivity index (χ1v) is 9.26. The van der Waals surface area contributed by atoms with Gasteiger partial charge in [0.25, 0.3) is 11.2 Å². The highest BCUT2D eigenvalue weighted by Crippen LogP contribution is 2.30. The average molecular weight is 420 g/mol. The zero-order chi connectivity index (χ0) is 21.6. The van der Waals surface area contributed by atoms with Gasteiger partial charge in [0.2, 0.25) is 0 Å². The van der Waals surface area contributed by atoms with E-state index < -0.39 is 4.92 Å². The Kier molecular flexibility index (Phi) is 4.60. The summed E-state index contributed by atoms with van der Waals surface area (Å²) < 4.78 is 1.41. The van der Waals surface area contributed by atoms with Gasteiger partial charge < -0.3 is 5.32 Å². The highest BCUT2D eigenvalue weighted by Gasteiger charge is 2.17. The minimum absolute atomic E-state index is 0.0295. The molecule has 0 amide bonds. The Labute approximate surface area is 174 Å². The molecule has 0 aliphatic carbocycles. The number of halogens is 1. The molecule has 0 unspecified atom stereocenters. The molecule has 0 fully saturated rings. The lowest BCUT2D eigenvalue weighted by Gasteiger charge is -2.08. The predicted molar refractivity (Wildman–Crippen MR) is 115 cm³/mol. The van der Waals surface area contributed by atoms with E-state index in [0.717, 1.165) is 0 Å². The van der Waals surface area contributed by atoms with Crippen LogP contribution >= 0.6 is 11.6 Å². The van der Waals surface area contributed by atoms with Crippen LogP contribution in [-0.4, -0.2) is 14.3 Å². The first-order valence-electron chi connectivity index (χ1n) is 8.88. The van der Waals surface area contributed by atoms with E-state index in [1.54, 1.807) is 32.0 Å². The minimum atomic E-state index is -0.575. The third kappa shape index (κ3) is 2.93. The molecule has 0 aliphatic heterocycles. The maximum atomic E-state index is 13.2. The van der Waals surface area contributed by atoms with Gasteiger partial charge in [0.15, 0.2) is 5.65 Å². The van der Waals surface area contributed by atoms with Gasteiger partial charge in [0, 0.05) is 18.0 Å². The second-order valence-corrected chi connectivity index (χ2v) is 7.16. The molecule has 0 saturated heterocycles. The molecule has 148 valence electrons. The highest BCUT2D eigenvalue weighted by atomic mass is 35.5. The number of hydrogen-bond acceptors (Lipinski definition) is 6. The largest absolute Gasteiger partial charge is 0.360 e. The maximum absolute atomic E-state index is 13.2. The molecule has 4 rings (SSSR count). The van der Waals surface area contributed by atoms with E-state index in [9.17, 15) is 20.2 Å². The molecule has 0 bridgehead atoms. The van der Waals surface area contributed by atoms with Crippen molar-refractivity contribution in [3.05, 3.63) is 83.8 Å². The van der Waals surface area contributed by atoms with E-state index >= 15 is 0 Å². The van der Waals surface area contributed by atoms with Gasteiger partial charge in [-0.1, -0.05) is 23.7 Å². The van der Waals surface area contributed by atoms with E-state index in [2.05, 4.69) is 16.4 Å². The Morgan fingerprint density at radius 2 is 2.03 bits per heavy atom. The number of nitro groups is 1. The molecule has 2 aromatic heterocycles. The van der Waals surface area contributed by atoms with Crippen LogP contribution in [0.5, 0.6) is 0 Å². The number of nitrogens with one attached hydrogen (secondary N) is 1. The van der Waals surface area contributed by atoms with Crippen LogP contribution in [0.4, 0.5) is 11.4 Å². The smallest absolute Gasteiger partial charge is 0.289 e. The van der Waals surface area contributed by atoms with Crippen LogP contribution in [0.15, 0.2) is 41.2 Å². The number of fused-ring (bicyclic) bond motifs is 3. The van der Waals surface area contributed by atoms with Gasteiger partial charge in [-0.2, -0.15) is 5.26 Å². The summed E-state index contributed by atoms with van der Waals surface area (Å²) in [6.07, 6.45) is 1.45. The summed E-state index contributed by atoms with van der Waals surface area (Å²) in [6.45, 7) is 3.41. The fourth-order valence-electron chi connectivity index (χ4n) is 3.39. The van der Waals surface area contributed by atoms with E-state index in [4.69, 9.17) is 11.6 Å². The molecule has 0 aliphatic rings. The Morgan fingerprint density at radius 1 is 1.30 bits per heavy atom. The van der Waals surface area contributed by atoms with Crippen LogP contribution < -0.4 is 16.1 Å². The van der Waals surface area contributed by atoms with E-state index in [0.29, 0.717) is 33.5 Å². The first kappa shape index (κ1) is 19.4. The van der Waals surface area contributed by atoms with Crippen molar-refractivity contribution in [1.29, 1.82) is 5.26 Å². The summed E-state index contributed by atoms with van der Waals surface area (Å²) >= 11 is 5.94. The SMILES string of the molecule is Cc1cc(Cl)c([N+](=O)[O-])cc1NC=c1c(C)c(C#N)c2nc3ccccc3n2c1=O. The van der Waals surface area contributed by atoms with Gasteiger partial charge in [0.1, 0.15) is 11.1 Å². The fraction of sp³-hybridized carbons (Fsp3) is 0.0952. The minimum Gasteiger partial charge on any atom is -0.360 e. The van der Waals surface area contributed by atoms with Crippen LogP contribution in [0.1, 0.15) is 16.7 Å². The Bertz CT molecular complexity index is 1520. The maximum Gasteiger partial charge on any atom is 0.289 e. The summed E-state index contributed by atoms with van der Waals surface area (Å²) in [7, 11) is 0. The molecular formula is C21H14ClN5O3. The number of pyridine rings is 1. The monoisotopic (exact) mass is 419 g/mol. The summed E-state index contributed by atoms with van der Waals surface area (Å²) in [4.78, 5) is 28.3.